The number of carbonyl (C=O) groups is 1. The average Bonchev–Trinajstić information content (AvgIpc) is 3.38. The summed E-state index contributed by atoms with van der Waals surface area (Å²) < 4.78 is 7.85. The Labute approximate surface area is 210 Å². The zero-order valence-corrected chi connectivity index (χ0v) is 20.2. The summed E-state index contributed by atoms with van der Waals surface area (Å²) in [6, 6.07) is 24.6. The van der Waals surface area contributed by atoms with Gasteiger partial charge in [-0.25, -0.2) is 0 Å². The van der Waals surface area contributed by atoms with Crippen LogP contribution < -0.4 is 15.6 Å². The maximum absolute atomic E-state index is 13.3. The van der Waals surface area contributed by atoms with Gasteiger partial charge in [0.2, 0.25) is 5.75 Å². The summed E-state index contributed by atoms with van der Waals surface area (Å²) >= 11 is 0. The topological polar surface area (TPSA) is 73.2 Å². The Morgan fingerprint density at radius 3 is 2.50 bits per heavy atom. The van der Waals surface area contributed by atoms with Crippen molar-refractivity contribution in [2.24, 2.45) is 0 Å². The van der Waals surface area contributed by atoms with Crippen LogP contribution in [0.1, 0.15) is 53.1 Å². The molecule has 0 unspecified atom stereocenters. The summed E-state index contributed by atoms with van der Waals surface area (Å²) in [5, 5.41) is 5.36. The second kappa shape index (κ2) is 9.26. The van der Waals surface area contributed by atoms with E-state index in [9.17, 15) is 9.59 Å². The lowest BCUT2D eigenvalue weighted by Gasteiger charge is -2.33. The summed E-state index contributed by atoms with van der Waals surface area (Å²) in [6.07, 6.45) is 4.96. The molecule has 0 atom stereocenters. The van der Waals surface area contributed by atoms with E-state index >= 15 is 0 Å². The van der Waals surface area contributed by atoms with Crippen LogP contribution in [-0.2, 0) is 25.0 Å². The molecule has 1 aliphatic carbocycles. The molecular weight excluding hydrogens is 450 g/mol. The van der Waals surface area contributed by atoms with Gasteiger partial charge in [0.05, 0.1) is 0 Å². The van der Waals surface area contributed by atoms with Crippen LogP contribution in [0.4, 0.5) is 0 Å². The number of nitrogens with zero attached hydrogens (tertiary/aromatic N) is 2. The maximum Gasteiger partial charge on any atom is 0.316 e. The minimum Gasteiger partial charge on any atom is -0.481 e. The van der Waals surface area contributed by atoms with Gasteiger partial charge in [-0.15, -0.1) is 0 Å². The standard InChI is InChI=1S/C30H29N3O3/c34-28-26-27(36-20-21-9-2-1-3-10-21)29(35)32-25(33(26)18-17-31-28)19-30(15-6-7-16-30)24-14-8-12-22-11-4-5-13-23(22)24/h1-5,8-14H,6-7,15-20H2,(H,31,34). The lowest BCUT2D eigenvalue weighted by Crippen LogP contribution is -2.41. The summed E-state index contributed by atoms with van der Waals surface area (Å²) in [6.45, 7) is 1.27. The highest BCUT2D eigenvalue weighted by atomic mass is 16.5. The number of nitrogens with one attached hydrogen (secondary N) is 1. The summed E-state index contributed by atoms with van der Waals surface area (Å²) in [5.41, 5.74) is 1.93. The van der Waals surface area contributed by atoms with E-state index in [0.29, 0.717) is 31.0 Å². The van der Waals surface area contributed by atoms with E-state index in [1.54, 1.807) is 0 Å². The van der Waals surface area contributed by atoms with Crippen LogP contribution in [0.5, 0.6) is 5.75 Å². The first-order valence-corrected chi connectivity index (χ1v) is 12.7. The number of aromatic nitrogens is 2. The number of carbonyl (C=O) groups excluding carboxylic acids is 1. The van der Waals surface area contributed by atoms with E-state index in [2.05, 4.69) is 52.8 Å². The fraction of sp³-hybridized carbons (Fsp3) is 0.300. The minimum absolute atomic E-state index is 0.0328. The lowest BCUT2D eigenvalue weighted by atomic mass is 9.74. The minimum atomic E-state index is -0.477. The number of benzene rings is 3. The highest BCUT2D eigenvalue weighted by molar-refractivity contribution is 5.95. The molecule has 1 aliphatic heterocycles. The van der Waals surface area contributed by atoms with Gasteiger partial charge in [0.1, 0.15) is 12.4 Å². The lowest BCUT2D eigenvalue weighted by molar-refractivity contribution is 0.0916. The van der Waals surface area contributed by atoms with E-state index in [1.165, 1.54) is 16.3 Å². The monoisotopic (exact) mass is 479 g/mol. The van der Waals surface area contributed by atoms with Gasteiger partial charge in [-0.2, -0.15) is 4.98 Å². The van der Waals surface area contributed by atoms with Gasteiger partial charge in [0.15, 0.2) is 5.69 Å². The van der Waals surface area contributed by atoms with E-state index in [1.807, 2.05) is 34.9 Å². The van der Waals surface area contributed by atoms with Crippen molar-refractivity contribution >= 4 is 16.7 Å². The fourth-order valence-electron chi connectivity index (χ4n) is 5.99. The maximum atomic E-state index is 13.3. The average molecular weight is 480 g/mol. The molecule has 0 saturated heterocycles. The van der Waals surface area contributed by atoms with Crippen molar-refractivity contribution in [2.75, 3.05) is 6.54 Å². The van der Waals surface area contributed by atoms with Crippen LogP contribution in [-0.4, -0.2) is 22.0 Å². The Balaban J connectivity index is 1.43. The van der Waals surface area contributed by atoms with Gasteiger partial charge in [-0.1, -0.05) is 85.6 Å². The van der Waals surface area contributed by atoms with Crippen LogP contribution in [0.25, 0.3) is 10.8 Å². The van der Waals surface area contributed by atoms with E-state index in [-0.39, 0.29) is 23.7 Å². The molecule has 1 saturated carbocycles. The van der Waals surface area contributed by atoms with Gasteiger partial charge >= 0.3 is 5.56 Å². The molecule has 2 aliphatic rings. The summed E-state index contributed by atoms with van der Waals surface area (Å²) in [4.78, 5) is 30.8. The Morgan fingerprint density at radius 2 is 1.67 bits per heavy atom. The first-order valence-electron chi connectivity index (χ1n) is 12.7. The smallest absolute Gasteiger partial charge is 0.316 e. The van der Waals surface area contributed by atoms with Crippen molar-refractivity contribution in [3.05, 3.63) is 106 Å². The highest BCUT2D eigenvalue weighted by Crippen LogP contribution is 2.46. The van der Waals surface area contributed by atoms with Crippen molar-refractivity contribution in [1.82, 2.24) is 14.9 Å². The van der Waals surface area contributed by atoms with E-state index < -0.39 is 5.56 Å². The molecule has 1 N–H and O–H groups in total. The van der Waals surface area contributed by atoms with Crippen molar-refractivity contribution in [1.29, 1.82) is 0 Å². The highest BCUT2D eigenvalue weighted by Gasteiger charge is 2.39. The third-order valence-electron chi connectivity index (χ3n) is 7.70. The molecule has 6 rings (SSSR count). The third kappa shape index (κ3) is 3.96. The van der Waals surface area contributed by atoms with Crippen LogP contribution in [0, 0.1) is 0 Å². The van der Waals surface area contributed by atoms with Gasteiger partial charge in [0, 0.05) is 24.9 Å². The summed E-state index contributed by atoms with van der Waals surface area (Å²) in [5.74, 6) is 0.424. The normalized spacial score (nSPS) is 16.5. The number of amides is 1. The molecule has 0 radical (unpaired) electrons. The Kier molecular flexibility index (Phi) is 5.80. The molecule has 4 aromatic rings. The molecule has 1 amide bonds. The zero-order valence-electron chi connectivity index (χ0n) is 20.2. The van der Waals surface area contributed by atoms with Gasteiger partial charge in [0.25, 0.3) is 5.91 Å². The summed E-state index contributed by atoms with van der Waals surface area (Å²) in [7, 11) is 0. The molecule has 6 heteroatoms. The van der Waals surface area contributed by atoms with Crippen molar-refractivity contribution in [3.8, 4) is 5.75 Å². The predicted octanol–water partition coefficient (Wildman–Crippen LogP) is 4.77. The number of rotatable bonds is 6. The number of hydrogen-bond donors (Lipinski definition) is 1. The number of fused-ring (bicyclic) bond motifs is 2. The predicted molar refractivity (Wildman–Crippen MR) is 139 cm³/mol. The second-order valence-corrected chi connectivity index (χ2v) is 9.88. The molecule has 182 valence electrons. The Hall–Kier alpha value is -3.93. The molecule has 0 bridgehead atoms. The third-order valence-corrected chi connectivity index (χ3v) is 7.70. The van der Waals surface area contributed by atoms with Crippen molar-refractivity contribution in [3.63, 3.8) is 0 Å². The van der Waals surface area contributed by atoms with Crippen LogP contribution in [0.3, 0.4) is 0 Å². The number of hydrogen-bond acceptors (Lipinski definition) is 4. The largest absolute Gasteiger partial charge is 0.481 e. The molecule has 2 heterocycles. The number of ether oxygens (including phenoxy) is 1. The molecule has 6 nitrogen and oxygen atoms in total. The van der Waals surface area contributed by atoms with Gasteiger partial charge < -0.3 is 14.6 Å². The first kappa shape index (κ1) is 22.5. The van der Waals surface area contributed by atoms with E-state index in [0.717, 1.165) is 31.2 Å². The fourth-order valence-corrected chi connectivity index (χ4v) is 5.99. The van der Waals surface area contributed by atoms with Crippen LogP contribution in [0.2, 0.25) is 0 Å². The van der Waals surface area contributed by atoms with Crippen LogP contribution >= 0.6 is 0 Å². The van der Waals surface area contributed by atoms with Crippen molar-refractivity contribution < 1.29 is 9.53 Å². The zero-order chi connectivity index (χ0) is 24.5. The quantitative estimate of drug-likeness (QED) is 0.432. The van der Waals surface area contributed by atoms with Crippen molar-refractivity contribution in [2.45, 2.75) is 50.7 Å². The Bertz CT molecular complexity index is 1480. The molecular formula is C30H29N3O3. The Morgan fingerprint density at radius 1 is 0.917 bits per heavy atom. The molecule has 36 heavy (non-hydrogen) atoms. The second-order valence-electron chi connectivity index (χ2n) is 9.88. The molecule has 3 aromatic carbocycles. The van der Waals surface area contributed by atoms with Crippen LogP contribution in [0.15, 0.2) is 77.6 Å². The van der Waals surface area contributed by atoms with E-state index in [4.69, 9.17) is 4.74 Å². The van der Waals surface area contributed by atoms with Gasteiger partial charge in [-0.3, -0.25) is 9.59 Å². The molecule has 1 aromatic heterocycles. The SMILES string of the molecule is O=C1NCCn2c(CC3(c4cccc5ccccc45)CCCC3)nc(=O)c(OCc3ccccc3)c21. The molecule has 0 spiro atoms. The van der Waals surface area contributed by atoms with Gasteiger partial charge in [-0.05, 0) is 34.7 Å². The first-order chi connectivity index (χ1) is 17.6. The molecule has 1 fully saturated rings.